The van der Waals surface area contributed by atoms with Gasteiger partial charge in [0.05, 0.1) is 25.4 Å². The SMILES string of the molecule is CC(C)OCCOC(C)CCCN. The molecule has 1 unspecified atom stereocenters. The van der Waals surface area contributed by atoms with Crippen molar-refractivity contribution in [1.29, 1.82) is 0 Å². The molecule has 3 heteroatoms. The molecule has 2 N–H and O–H groups in total. The Morgan fingerprint density at radius 1 is 1.08 bits per heavy atom. The van der Waals surface area contributed by atoms with Crippen LogP contribution in [0.2, 0.25) is 0 Å². The Hall–Kier alpha value is -0.120. The molecule has 3 nitrogen and oxygen atoms in total. The predicted octanol–water partition coefficient (Wildman–Crippen LogP) is 1.56. The van der Waals surface area contributed by atoms with E-state index in [0.29, 0.717) is 25.4 Å². The Bertz CT molecular complexity index is 107. The number of nitrogens with two attached hydrogens (primary N) is 1. The van der Waals surface area contributed by atoms with Crippen LogP contribution in [-0.2, 0) is 9.47 Å². The first-order chi connectivity index (χ1) is 6.16. The summed E-state index contributed by atoms with van der Waals surface area (Å²) in [5, 5.41) is 0. The van der Waals surface area contributed by atoms with Crippen molar-refractivity contribution in [2.45, 2.75) is 45.8 Å². The summed E-state index contributed by atoms with van der Waals surface area (Å²) in [4.78, 5) is 0. The van der Waals surface area contributed by atoms with Crippen molar-refractivity contribution in [3.05, 3.63) is 0 Å². The molecule has 0 aliphatic heterocycles. The van der Waals surface area contributed by atoms with Crippen LogP contribution in [0.3, 0.4) is 0 Å². The molecule has 0 spiro atoms. The highest BCUT2D eigenvalue weighted by Gasteiger charge is 2.01. The summed E-state index contributed by atoms with van der Waals surface area (Å²) in [7, 11) is 0. The Morgan fingerprint density at radius 3 is 2.23 bits per heavy atom. The van der Waals surface area contributed by atoms with Crippen LogP contribution in [0.4, 0.5) is 0 Å². The van der Waals surface area contributed by atoms with Crippen molar-refractivity contribution in [3.8, 4) is 0 Å². The molecule has 0 amide bonds. The van der Waals surface area contributed by atoms with Crippen molar-refractivity contribution >= 4 is 0 Å². The van der Waals surface area contributed by atoms with Crippen molar-refractivity contribution in [1.82, 2.24) is 0 Å². The number of rotatable bonds is 8. The number of hydrogen-bond acceptors (Lipinski definition) is 3. The zero-order chi connectivity index (χ0) is 10.1. The molecule has 0 radical (unpaired) electrons. The summed E-state index contributed by atoms with van der Waals surface area (Å²) in [5.41, 5.74) is 5.39. The highest BCUT2D eigenvalue weighted by atomic mass is 16.5. The summed E-state index contributed by atoms with van der Waals surface area (Å²) in [6.45, 7) is 8.24. The smallest absolute Gasteiger partial charge is 0.0704 e. The molecule has 0 aromatic heterocycles. The monoisotopic (exact) mass is 189 g/mol. The largest absolute Gasteiger partial charge is 0.376 e. The third-order valence-electron chi connectivity index (χ3n) is 1.75. The number of ether oxygens (including phenoxy) is 2. The molecule has 0 aliphatic rings. The second kappa shape index (κ2) is 8.48. The molecule has 0 saturated carbocycles. The van der Waals surface area contributed by atoms with Gasteiger partial charge in [-0.2, -0.15) is 0 Å². The molecule has 0 rings (SSSR count). The van der Waals surface area contributed by atoms with E-state index in [-0.39, 0.29) is 0 Å². The van der Waals surface area contributed by atoms with E-state index in [9.17, 15) is 0 Å². The van der Waals surface area contributed by atoms with Gasteiger partial charge in [-0.15, -0.1) is 0 Å². The lowest BCUT2D eigenvalue weighted by Gasteiger charge is -2.13. The zero-order valence-corrected chi connectivity index (χ0v) is 9.08. The van der Waals surface area contributed by atoms with Gasteiger partial charge in [-0.05, 0) is 40.2 Å². The maximum atomic E-state index is 5.51. The van der Waals surface area contributed by atoms with Gasteiger partial charge in [0.1, 0.15) is 0 Å². The summed E-state index contributed by atoms with van der Waals surface area (Å²) in [5.74, 6) is 0. The van der Waals surface area contributed by atoms with E-state index in [1.54, 1.807) is 0 Å². The Labute approximate surface area is 81.6 Å². The van der Waals surface area contributed by atoms with Crippen molar-refractivity contribution in [3.63, 3.8) is 0 Å². The first kappa shape index (κ1) is 12.9. The second-order valence-corrected chi connectivity index (χ2v) is 3.53. The molecular weight excluding hydrogens is 166 g/mol. The normalized spacial score (nSPS) is 13.6. The van der Waals surface area contributed by atoms with Gasteiger partial charge >= 0.3 is 0 Å². The zero-order valence-electron chi connectivity index (χ0n) is 9.08. The minimum absolute atomic E-state index is 0.294. The van der Waals surface area contributed by atoms with Gasteiger partial charge in [0.15, 0.2) is 0 Å². The van der Waals surface area contributed by atoms with Crippen molar-refractivity contribution in [2.75, 3.05) is 19.8 Å². The van der Waals surface area contributed by atoms with Gasteiger partial charge in [0.25, 0.3) is 0 Å². The molecule has 0 aromatic rings. The van der Waals surface area contributed by atoms with Crippen LogP contribution >= 0.6 is 0 Å². The van der Waals surface area contributed by atoms with Crippen LogP contribution in [0.25, 0.3) is 0 Å². The molecular formula is C10H23NO2. The maximum Gasteiger partial charge on any atom is 0.0704 e. The maximum absolute atomic E-state index is 5.51. The lowest BCUT2D eigenvalue weighted by molar-refractivity contribution is -0.00919. The van der Waals surface area contributed by atoms with Crippen LogP contribution in [0.15, 0.2) is 0 Å². The van der Waals surface area contributed by atoms with Gasteiger partial charge < -0.3 is 15.2 Å². The van der Waals surface area contributed by atoms with Gasteiger partial charge in [-0.25, -0.2) is 0 Å². The Kier molecular flexibility index (Phi) is 8.40. The Morgan fingerprint density at radius 2 is 1.69 bits per heavy atom. The van der Waals surface area contributed by atoms with E-state index >= 15 is 0 Å². The summed E-state index contributed by atoms with van der Waals surface area (Å²) < 4.78 is 10.9. The fraction of sp³-hybridized carbons (Fsp3) is 1.00. The molecule has 0 saturated heterocycles. The van der Waals surface area contributed by atoms with Gasteiger partial charge in [-0.3, -0.25) is 0 Å². The molecule has 80 valence electrons. The van der Waals surface area contributed by atoms with Crippen molar-refractivity contribution in [2.24, 2.45) is 5.73 Å². The predicted molar refractivity (Wildman–Crippen MR) is 54.8 cm³/mol. The summed E-state index contributed by atoms with van der Waals surface area (Å²) in [6, 6.07) is 0. The lowest BCUT2D eigenvalue weighted by atomic mass is 10.2. The van der Waals surface area contributed by atoms with E-state index in [1.165, 1.54) is 0 Å². The molecule has 0 bridgehead atoms. The highest BCUT2D eigenvalue weighted by Crippen LogP contribution is 2.00. The first-order valence-electron chi connectivity index (χ1n) is 5.10. The van der Waals surface area contributed by atoms with Gasteiger partial charge in [-0.1, -0.05) is 0 Å². The van der Waals surface area contributed by atoms with Gasteiger partial charge in [0, 0.05) is 0 Å². The molecule has 13 heavy (non-hydrogen) atoms. The second-order valence-electron chi connectivity index (χ2n) is 3.53. The average molecular weight is 189 g/mol. The van der Waals surface area contributed by atoms with E-state index < -0.39 is 0 Å². The molecule has 0 aromatic carbocycles. The van der Waals surface area contributed by atoms with E-state index in [4.69, 9.17) is 15.2 Å². The molecule has 0 heterocycles. The summed E-state index contributed by atoms with van der Waals surface area (Å²) in [6.07, 6.45) is 2.67. The minimum Gasteiger partial charge on any atom is -0.376 e. The minimum atomic E-state index is 0.294. The van der Waals surface area contributed by atoms with Crippen molar-refractivity contribution < 1.29 is 9.47 Å². The molecule has 1 atom stereocenters. The number of hydrogen-bond donors (Lipinski definition) is 1. The lowest BCUT2D eigenvalue weighted by Crippen LogP contribution is -2.16. The average Bonchev–Trinajstić information content (AvgIpc) is 2.08. The highest BCUT2D eigenvalue weighted by molar-refractivity contribution is 4.51. The quantitative estimate of drug-likeness (QED) is 0.589. The van der Waals surface area contributed by atoms with Crippen LogP contribution in [0.1, 0.15) is 33.6 Å². The summed E-state index contributed by atoms with van der Waals surface area (Å²) >= 11 is 0. The topological polar surface area (TPSA) is 44.5 Å². The van der Waals surface area contributed by atoms with Crippen LogP contribution in [-0.4, -0.2) is 32.0 Å². The van der Waals surface area contributed by atoms with E-state index in [2.05, 4.69) is 6.92 Å². The van der Waals surface area contributed by atoms with E-state index in [1.807, 2.05) is 13.8 Å². The molecule has 0 fully saturated rings. The Balaban J connectivity index is 3.12. The van der Waals surface area contributed by atoms with Gasteiger partial charge in [0.2, 0.25) is 0 Å². The standard InChI is InChI=1S/C10H23NO2/c1-9(2)12-7-8-13-10(3)5-4-6-11/h9-10H,4-8,11H2,1-3H3. The van der Waals surface area contributed by atoms with Crippen LogP contribution in [0.5, 0.6) is 0 Å². The van der Waals surface area contributed by atoms with Crippen LogP contribution in [0, 0.1) is 0 Å². The van der Waals surface area contributed by atoms with Crippen LogP contribution < -0.4 is 5.73 Å². The third-order valence-corrected chi connectivity index (χ3v) is 1.75. The fourth-order valence-corrected chi connectivity index (χ4v) is 1.02. The fourth-order valence-electron chi connectivity index (χ4n) is 1.02. The third kappa shape index (κ3) is 9.80. The van der Waals surface area contributed by atoms with E-state index in [0.717, 1.165) is 19.4 Å². The molecule has 0 aliphatic carbocycles. The first-order valence-corrected chi connectivity index (χ1v) is 5.10.